The molecule has 3 nitrogen and oxygen atoms in total. The zero-order valence-electron chi connectivity index (χ0n) is 9.95. The molecule has 1 saturated heterocycles. The van der Waals surface area contributed by atoms with Crippen LogP contribution in [0.4, 0.5) is 0 Å². The highest BCUT2D eigenvalue weighted by Crippen LogP contribution is 2.23. The predicted molar refractivity (Wildman–Crippen MR) is 60.6 cm³/mol. The Kier molecular flexibility index (Phi) is 4.82. The van der Waals surface area contributed by atoms with Gasteiger partial charge in [-0.15, -0.1) is 0 Å². The largest absolute Gasteiger partial charge is 0.463 e. The highest BCUT2D eigenvalue weighted by molar-refractivity contribution is 5.82. The quantitative estimate of drug-likeness (QED) is 0.527. The lowest BCUT2D eigenvalue weighted by Crippen LogP contribution is -2.30. The number of carbonyl (C=O) groups excluding carboxylic acids is 1. The number of carbonyl (C=O) groups is 1. The van der Waals surface area contributed by atoms with Crippen molar-refractivity contribution in [1.29, 1.82) is 0 Å². The molecule has 1 heterocycles. The van der Waals surface area contributed by atoms with Gasteiger partial charge in [0.25, 0.3) is 0 Å². The number of piperidine rings is 1. The topological polar surface area (TPSA) is 29.5 Å². The second-order valence-electron chi connectivity index (χ2n) is 4.22. The minimum atomic E-state index is -0.200. The van der Waals surface area contributed by atoms with Crippen molar-refractivity contribution >= 4 is 5.97 Å². The van der Waals surface area contributed by atoms with Gasteiger partial charge in [-0.2, -0.15) is 0 Å². The molecule has 0 aromatic heterocycles. The molecule has 0 aliphatic carbocycles. The Morgan fingerprint density at radius 3 is 2.60 bits per heavy atom. The maximum Gasteiger partial charge on any atom is 0.330 e. The molecule has 86 valence electrons. The maximum atomic E-state index is 11.3. The van der Waals surface area contributed by atoms with Crippen molar-refractivity contribution < 1.29 is 9.53 Å². The van der Waals surface area contributed by atoms with E-state index in [1.165, 1.54) is 5.57 Å². The summed E-state index contributed by atoms with van der Waals surface area (Å²) < 4.78 is 4.90. The molecule has 1 fully saturated rings. The fraction of sp³-hybridized carbons (Fsp3) is 0.750. The molecule has 0 N–H and O–H groups in total. The second-order valence-corrected chi connectivity index (χ2v) is 4.22. The smallest absolute Gasteiger partial charge is 0.330 e. The van der Waals surface area contributed by atoms with Crippen LogP contribution in [0.1, 0.15) is 26.7 Å². The number of ether oxygens (including phenoxy) is 1. The molecule has 1 rings (SSSR count). The molecule has 0 amide bonds. The zero-order chi connectivity index (χ0) is 11.3. The molecule has 1 aliphatic rings. The fourth-order valence-corrected chi connectivity index (χ4v) is 1.95. The molecular formula is C12H21NO2. The molecule has 0 radical (unpaired) electrons. The van der Waals surface area contributed by atoms with E-state index in [9.17, 15) is 4.79 Å². The molecule has 3 heteroatoms. The van der Waals surface area contributed by atoms with Crippen molar-refractivity contribution in [2.45, 2.75) is 26.7 Å². The summed E-state index contributed by atoms with van der Waals surface area (Å²) in [6.07, 6.45) is 3.95. The average molecular weight is 211 g/mol. The molecular weight excluding hydrogens is 190 g/mol. The molecule has 0 unspecified atom stereocenters. The van der Waals surface area contributed by atoms with Crippen LogP contribution in [0.25, 0.3) is 0 Å². The third kappa shape index (κ3) is 4.04. The Bertz CT molecular complexity index is 240. The number of esters is 1. The summed E-state index contributed by atoms with van der Waals surface area (Å²) >= 11 is 0. The number of hydrogen-bond acceptors (Lipinski definition) is 3. The molecule has 0 aromatic carbocycles. The zero-order valence-corrected chi connectivity index (χ0v) is 9.95. The van der Waals surface area contributed by atoms with Gasteiger partial charge in [-0.3, -0.25) is 0 Å². The number of allylic oxidation sites excluding steroid dienone is 1. The van der Waals surface area contributed by atoms with Crippen LogP contribution in [-0.4, -0.2) is 37.6 Å². The second kappa shape index (κ2) is 5.91. The standard InChI is InChI=1S/C12H21NO2/c1-4-15-12(14)9-10(2)11-5-7-13(3)8-6-11/h9,11H,4-8H2,1-3H3/b10-9+. The molecule has 0 atom stereocenters. The highest BCUT2D eigenvalue weighted by Gasteiger charge is 2.18. The van der Waals surface area contributed by atoms with Crippen LogP contribution in [-0.2, 0) is 9.53 Å². The van der Waals surface area contributed by atoms with Gasteiger partial charge >= 0.3 is 5.97 Å². The van der Waals surface area contributed by atoms with Gasteiger partial charge in [0.2, 0.25) is 0 Å². The summed E-state index contributed by atoms with van der Waals surface area (Å²) in [5.74, 6) is 0.361. The van der Waals surface area contributed by atoms with Crippen molar-refractivity contribution in [3.05, 3.63) is 11.6 Å². The third-order valence-electron chi connectivity index (χ3n) is 2.99. The Hall–Kier alpha value is -0.830. The highest BCUT2D eigenvalue weighted by atomic mass is 16.5. The molecule has 15 heavy (non-hydrogen) atoms. The lowest BCUT2D eigenvalue weighted by molar-refractivity contribution is -0.137. The molecule has 0 bridgehead atoms. The lowest BCUT2D eigenvalue weighted by Gasteiger charge is -2.29. The Labute approximate surface area is 92.1 Å². The van der Waals surface area contributed by atoms with E-state index in [0.717, 1.165) is 25.9 Å². The van der Waals surface area contributed by atoms with Crippen molar-refractivity contribution in [2.24, 2.45) is 5.92 Å². The first kappa shape index (κ1) is 12.2. The first-order valence-corrected chi connectivity index (χ1v) is 5.67. The Balaban J connectivity index is 2.45. The van der Waals surface area contributed by atoms with E-state index in [-0.39, 0.29) is 5.97 Å². The van der Waals surface area contributed by atoms with Gasteiger partial charge in [0.1, 0.15) is 0 Å². The first-order valence-electron chi connectivity index (χ1n) is 5.67. The maximum absolute atomic E-state index is 11.3. The normalized spacial score (nSPS) is 20.3. The minimum Gasteiger partial charge on any atom is -0.463 e. The van der Waals surface area contributed by atoms with Gasteiger partial charge in [-0.1, -0.05) is 5.57 Å². The number of hydrogen-bond donors (Lipinski definition) is 0. The number of nitrogens with zero attached hydrogens (tertiary/aromatic N) is 1. The van der Waals surface area contributed by atoms with E-state index >= 15 is 0 Å². The van der Waals surface area contributed by atoms with E-state index in [1.807, 2.05) is 13.8 Å². The average Bonchev–Trinajstić information content (AvgIpc) is 2.18. The van der Waals surface area contributed by atoms with Crippen LogP contribution in [0.2, 0.25) is 0 Å². The summed E-state index contributed by atoms with van der Waals surface area (Å²) in [7, 11) is 2.14. The van der Waals surface area contributed by atoms with Gasteiger partial charge in [-0.25, -0.2) is 4.79 Å². The number of rotatable bonds is 3. The summed E-state index contributed by atoms with van der Waals surface area (Å²) in [5.41, 5.74) is 1.17. The summed E-state index contributed by atoms with van der Waals surface area (Å²) in [6.45, 7) is 6.57. The van der Waals surface area contributed by atoms with E-state index in [4.69, 9.17) is 4.74 Å². The van der Waals surface area contributed by atoms with E-state index < -0.39 is 0 Å². The fourth-order valence-electron chi connectivity index (χ4n) is 1.95. The summed E-state index contributed by atoms with van der Waals surface area (Å²) in [5, 5.41) is 0. The predicted octanol–water partition coefficient (Wildman–Crippen LogP) is 1.84. The van der Waals surface area contributed by atoms with Crippen molar-refractivity contribution in [2.75, 3.05) is 26.7 Å². The molecule has 1 aliphatic heterocycles. The van der Waals surface area contributed by atoms with Crippen LogP contribution in [0.5, 0.6) is 0 Å². The van der Waals surface area contributed by atoms with E-state index in [1.54, 1.807) is 6.08 Å². The van der Waals surface area contributed by atoms with Gasteiger partial charge in [0, 0.05) is 6.08 Å². The third-order valence-corrected chi connectivity index (χ3v) is 2.99. The Morgan fingerprint density at radius 1 is 1.47 bits per heavy atom. The molecule has 0 spiro atoms. The van der Waals surface area contributed by atoms with Crippen molar-refractivity contribution in [1.82, 2.24) is 4.90 Å². The van der Waals surface area contributed by atoms with Crippen LogP contribution in [0.3, 0.4) is 0 Å². The SMILES string of the molecule is CCOC(=O)/C=C(\C)C1CCN(C)CC1. The number of likely N-dealkylation sites (tertiary alicyclic amines) is 1. The van der Waals surface area contributed by atoms with E-state index in [0.29, 0.717) is 12.5 Å². The lowest BCUT2D eigenvalue weighted by atomic mass is 9.90. The van der Waals surface area contributed by atoms with Gasteiger partial charge < -0.3 is 9.64 Å². The minimum absolute atomic E-state index is 0.200. The van der Waals surface area contributed by atoms with Crippen LogP contribution in [0, 0.1) is 5.92 Å². The Morgan fingerprint density at radius 2 is 2.07 bits per heavy atom. The van der Waals surface area contributed by atoms with Gasteiger partial charge in [-0.05, 0) is 52.7 Å². The van der Waals surface area contributed by atoms with Crippen molar-refractivity contribution in [3.8, 4) is 0 Å². The molecule has 0 saturated carbocycles. The monoisotopic (exact) mass is 211 g/mol. The first-order chi connectivity index (χ1) is 7.13. The summed E-state index contributed by atoms with van der Waals surface area (Å²) in [4.78, 5) is 13.6. The van der Waals surface area contributed by atoms with E-state index in [2.05, 4.69) is 11.9 Å². The van der Waals surface area contributed by atoms with Gasteiger partial charge in [0.05, 0.1) is 6.61 Å². The molecule has 0 aromatic rings. The summed E-state index contributed by atoms with van der Waals surface area (Å²) in [6, 6.07) is 0. The van der Waals surface area contributed by atoms with Crippen LogP contribution in [0.15, 0.2) is 11.6 Å². The van der Waals surface area contributed by atoms with Gasteiger partial charge in [0.15, 0.2) is 0 Å². The van der Waals surface area contributed by atoms with Crippen LogP contribution < -0.4 is 0 Å². The van der Waals surface area contributed by atoms with Crippen molar-refractivity contribution in [3.63, 3.8) is 0 Å². The van der Waals surface area contributed by atoms with Crippen LogP contribution >= 0.6 is 0 Å².